The molecule has 0 saturated heterocycles. The van der Waals surface area contributed by atoms with Gasteiger partial charge in [-0.05, 0) is 23.7 Å². The second kappa shape index (κ2) is 9.58. The van der Waals surface area contributed by atoms with Crippen LogP contribution in [0.25, 0.3) is 0 Å². The number of nitrogens with zero attached hydrogens (tertiary/aromatic N) is 1. The predicted octanol–water partition coefficient (Wildman–Crippen LogP) is 1.43. The number of carbonyl (C=O) groups excluding carboxylic acids is 2. The van der Waals surface area contributed by atoms with Crippen molar-refractivity contribution in [2.75, 3.05) is 11.9 Å². The molecule has 10 nitrogen and oxygen atoms in total. The third-order valence-electron chi connectivity index (χ3n) is 3.33. The first-order valence-electron chi connectivity index (χ1n) is 7.61. The van der Waals surface area contributed by atoms with Crippen LogP contribution < -0.4 is 21.1 Å². The number of halogens is 3. The Hall–Kier alpha value is -2.84. The summed E-state index contributed by atoms with van der Waals surface area (Å²) in [5.74, 6) is -4.70. The van der Waals surface area contributed by atoms with Crippen LogP contribution >= 0.6 is 27.5 Å². The number of nitrogens with one attached hydrogen (secondary N) is 2. The summed E-state index contributed by atoms with van der Waals surface area (Å²) in [6.45, 7) is -1.21. The summed E-state index contributed by atoms with van der Waals surface area (Å²) < 4.78 is 36.9. The van der Waals surface area contributed by atoms with Gasteiger partial charge in [0.1, 0.15) is 28.8 Å². The molecule has 0 aliphatic heterocycles. The second-order valence-corrected chi connectivity index (χ2v) is 7.07. The molecule has 0 spiro atoms. The molecule has 156 valence electrons. The summed E-state index contributed by atoms with van der Waals surface area (Å²) in [6.07, 6.45) is -1.83. The normalized spacial score (nSPS) is 11.6. The molecule has 0 radical (unpaired) electrons. The number of aromatic nitrogens is 1. The Morgan fingerprint density at radius 2 is 1.93 bits per heavy atom. The van der Waals surface area contributed by atoms with Gasteiger partial charge < -0.3 is 26.0 Å². The van der Waals surface area contributed by atoms with Gasteiger partial charge in [-0.3, -0.25) is 10.1 Å². The van der Waals surface area contributed by atoms with E-state index in [-0.39, 0.29) is 20.9 Å². The first kappa shape index (κ1) is 22.4. The standard InChI is InChI=1S/C15H13BrF2N4O6S/c16-5-1-7(17)6(8(18)2-5)4-28-12-10(11(19)24)13(29-22-12)21-15(27)20-3-9(23)14(25)26/h1-2,9,23H,3-4H2,(H2,19,24)(H,25,26)(H2,20,21,27). The predicted molar refractivity (Wildman–Crippen MR) is 99.7 cm³/mol. The first-order chi connectivity index (χ1) is 13.6. The summed E-state index contributed by atoms with van der Waals surface area (Å²) in [4.78, 5) is 34.0. The number of carboxylic acid groups (broad SMARTS) is 1. The van der Waals surface area contributed by atoms with Crippen LogP contribution in [0.1, 0.15) is 15.9 Å². The number of primary amides is 1. The van der Waals surface area contributed by atoms with E-state index in [4.69, 9.17) is 20.7 Å². The maximum atomic E-state index is 13.9. The van der Waals surface area contributed by atoms with E-state index in [0.717, 1.165) is 12.1 Å². The van der Waals surface area contributed by atoms with Gasteiger partial charge in [-0.2, -0.15) is 4.37 Å². The molecular weight excluding hydrogens is 482 g/mol. The van der Waals surface area contributed by atoms with E-state index in [0.29, 0.717) is 11.5 Å². The van der Waals surface area contributed by atoms with E-state index in [9.17, 15) is 23.2 Å². The zero-order chi connectivity index (χ0) is 21.7. The molecule has 2 rings (SSSR count). The quantitative estimate of drug-likeness (QED) is 0.370. The molecule has 6 N–H and O–H groups in total. The fourth-order valence-electron chi connectivity index (χ4n) is 1.95. The number of benzene rings is 1. The fourth-order valence-corrected chi connectivity index (χ4v) is 3.09. The van der Waals surface area contributed by atoms with E-state index in [1.165, 1.54) is 0 Å². The molecular formula is C15H13BrF2N4O6S. The molecule has 0 aliphatic carbocycles. The third kappa shape index (κ3) is 5.82. The minimum absolute atomic E-state index is 0.147. The molecule has 0 fully saturated rings. The van der Waals surface area contributed by atoms with Crippen LogP contribution in [-0.4, -0.2) is 45.1 Å². The van der Waals surface area contributed by atoms with Crippen molar-refractivity contribution in [3.8, 4) is 5.88 Å². The number of hydrogen-bond donors (Lipinski definition) is 5. The van der Waals surface area contributed by atoms with Gasteiger partial charge in [0.25, 0.3) is 5.91 Å². The van der Waals surface area contributed by atoms with Crippen LogP contribution in [0.2, 0.25) is 0 Å². The lowest BCUT2D eigenvalue weighted by atomic mass is 10.2. The molecule has 1 aromatic heterocycles. The van der Waals surface area contributed by atoms with Crippen molar-refractivity contribution in [1.29, 1.82) is 0 Å². The summed E-state index contributed by atoms with van der Waals surface area (Å²) in [7, 11) is 0. The van der Waals surface area contributed by atoms with Crippen molar-refractivity contribution in [3.63, 3.8) is 0 Å². The lowest BCUT2D eigenvalue weighted by Gasteiger charge is -2.10. The number of aliphatic hydroxyl groups is 1. The van der Waals surface area contributed by atoms with Gasteiger partial charge in [-0.15, -0.1) is 0 Å². The highest BCUT2D eigenvalue weighted by atomic mass is 79.9. The highest BCUT2D eigenvalue weighted by Crippen LogP contribution is 2.31. The number of rotatable bonds is 8. The van der Waals surface area contributed by atoms with Crippen molar-refractivity contribution in [3.05, 3.63) is 39.4 Å². The van der Waals surface area contributed by atoms with Crippen LogP contribution in [0.15, 0.2) is 16.6 Å². The number of anilines is 1. The number of aliphatic hydroxyl groups excluding tert-OH is 1. The number of carbonyl (C=O) groups is 3. The topological polar surface area (TPSA) is 164 Å². The highest BCUT2D eigenvalue weighted by molar-refractivity contribution is 9.10. The molecule has 3 amide bonds. The largest absolute Gasteiger partial charge is 0.479 e. The number of carboxylic acids is 1. The average molecular weight is 495 g/mol. The maximum absolute atomic E-state index is 13.9. The number of ether oxygens (including phenoxy) is 1. The SMILES string of the molecule is NC(=O)c1c(OCc2c(F)cc(Br)cc2F)nsc1NC(=O)NCC(O)C(=O)O. The van der Waals surface area contributed by atoms with Gasteiger partial charge in [0.15, 0.2) is 6.10 Å². The van der Waals surface area contributed by atoms with Crippen molar-refractivity contribution in [2.45, 2.75) is 12.7 Å². The molecule has 0 aliphatic rings. The smallest absolute Gasteiger partial charge is 0.334 e. The van der Waals surface area contributed by atoms with Crippen LogP contribution in [-0.2, 0) is 11.4 Å². The minimum Gasteiger partial charge on any atom is -0.479 e. The molecule has 1 aromatic carbocycles. The maximum Gasteiger partial charge on any atom is 0.334 e. The van der Waals surface area contributed by atoms with Crippen LogP contribution in [0.4, 0.5) is 18.6 Å². The first-order valence-corrected chi connectivity index (χ1v) is 9.18. The Kier molecular flexibility index (Phi) is 7.41. The van der Waals surface area contributed by atoms with Crippen LogP contribution in [0.5, 0.6) is 5.88 Å². The zero-order valence-corrected chi connectivity index (χ0v) is 16.6. The van der Waals surface area contributed by atoms with Gasteiger partial charge in [0, 0.05) is 4.47 Å². The van der Waals surface area contributed by atoms with E-state index in [2.05, 4.69) is 30.9 Å². The van der Waals surface area contributed by atoms with Crippen molar-refractivity contribution < 1.29 is 38.1 Å². The minimum atomic E-state index is -1.83. The number of hydrogen-bond acceptors (Lipinski definition) is 7. The van der Waals surface area contributed by atoms with Crippen LogP contribution in [0, 0.1) is 11.6 Å². The molecule has 1 atom stereocenters. The second-order valence-electron chi connectivity index (χ2n) is 5.38. The number of amides is 3. The monoisotopic (exact) mass is 494 g/mol. The zero-order valence-electron chi connectivity index (χ0n) is 14.2. The van der Waals surface area contributed by atoms with Gasteiger partial charge in [0.2, 0.25) is 5.88 Å². The van der Waals surface area contributed by atoms with E-state index in [1.54, 1.807) is 0 Å². The van der Waals surface area contributed by atoms with Crippen molar-refractivity contribution in [2.24, 2.45) is 5.73 Å². The lowest BCUT2D eigenvalue weighted by molar-refractivity contribution is -0.146. The summed E-state index contributed by atoms with van der Waals surface area (Å²) in [5, 5.41) is 21.8. The number of urea groups is 1. The molecule has 1 unspecified atom stereocenters. The van der Waals surface area contributed by atoms with Gasteiger partial charge in [-0.25, -0.2) is 18.4 Å². The Balaban J connectivity index is 2.11. The van der Waals surface area contributed by atoms with Gasteiger partial charge >= 0.3 is 12.0 Å². The van der Waals surface area contributed by atoms with Crippen LogP contribution in [0.3, 0.4) is 0 Å². The van der Waals surface area contributed by atoms with E-state index in [1.807, 2.05) is 0 Å². The highest BCUT2D eigenvalue weighted by Gasteiger charge is 2.23. The molecule has 14 heteroatoms. The van der Waals surface area contributed by atoms with E-state index < -0.39 is 54.4 Å². The molecule has 0 bridgehead atoms. The Morgan fingerprint density at radius 1 is 1.31 bits per heavy atom. The summed E-state index contributed by atoms with van der Waals surface area (Å²) in [6, 6.07) is 1.11. The fraction of sp³-hybridized carbons (Fsp3) is 0.200. The Bertz CT molecular complexity index is 934. The molecule has 1 heterocycles. The Labute approximate surface area is 174 Å². The molecule has 29 heavy (non-hydrogen) atoms. The van der Waals surface area contributed by atoms with Gasteiger partial charge in [-0.1, -0.05) is 15.9 Å². The van der Waals surface area contributed by atoms with Crippen molar-refractivity contribution >= 4 is 50.4 Å². The molecule has 0 saturated carbocycles. The average Bonchev–Trinajstić information content (AvgIpc) is 3.01. The van der Waals surface area contributed by atoms with E-state index >= 15 is 0 Å². The number of nitrogens with two attached hydrogens (primary N) is 1. The summed E-state index contributed by atoms with van der Waals surface area (Å²) >= 11 is 3.54. The molecule has 2 aromatic rings. The summed E-state index contributed by atoms with van der Waals surface area (Å²) in [5.41, 5.74) is 4.49. The Morgan fingerprint density at radius 3 is 2.48 bits per heavy atom. The van der Waals surface area contributed by atoms with Crippen molar-refractivity contribution in [1.82, 2.24) is 9.69 Å². The third-order valence-corrected chi connectivity index (χ3v) is 4.54. The lowest BCUT2D eigenvalue weighted by Crippen LogP contribution is -2.38. The van der Waals surface area contributed by atoms with Gasteiger partial charge in [0.05, 0.1) is 12.1 Å². The number of aliphatic carboxylic acids is 1.